The van der Waals surface area contributed by atoms with Crippen LogP contribution in [0.2, 0.25) is 10.0 Å². The van der Waals surface area contributed by atoms with Gasteiger partial charge in [0.05, 0.1) is 14.2 Å². The second kappa shape index (κ2) is 7.24. The Morgan fingerprint density at radius 3 is 2.00 bits per heavy atom. The standard InChI is InChI=1S/C15H14Cl2N2O3/c1-21-12-4-3-5-13(22-2)14(12)19-15(20)18-11-7-9(16)6-10(17)8-11/h3-8H,1-2H3,(H2,18,19,20). The second-order valence-electron chi connectivity index (χ2n) is 4.27. The topological polar surface area (TPSA) is 59.6 Å². The van der Waals surface area contributed by atoms with E-state index < -0.39 is 6.03 Å². The molecule has 0 fully saturated rings. The van der Waals surface area contributed by atoms with Gasteiger partial charge in [0.25, 0.3) is 0 Å². The smallest absolute Gasteiger partial charge is 0.323 e. The first-order valence-electron chi connectivity index (χ1n) is 6.28. The summed E-state index contributed by atoms with van der Waals surface area (Å²) in [7, 11) is 3.02. The first kappa shape index (κ1) is 16.3. The van der Waals surface area contributed by atoms with Crippen molar-refractivity contribution in [3.8, 4) is 11.5 Å². The molecule has 0 atom stereocenters. The van der Waals surface area contributed by atoms with Gasteiger partial charge in [-0.25, -0.2) is 4.79 Å². The van der Waals surface area contributed by atoms with E-state index in [1.807, 2.05) is 0 Å². The van der Waals surface area contributed by atoms with Crippen LogP contribution in [0.5, 0.6) is 11.5 Å². The predicted molar refractivity (Wildman–Crippen MR) is 88.6 cm³/mol. The van der Waals surface area contributed by atoms with Crippen molar-refractivity contribution in [2.24, 2.45) is 0 Å². The van der Waals surface area contributed by atoms with E-state index in [4.69, 9.17) is 32.7 Å². The van der Waals surface area contributed by atoms with E-state index in [2.05, 4.69) is 10.6 Å². The summed E-state index contributed by atoms with van der Waals surface area (Å²) in [6, 6.07) is 9.48. The van der Waals surface area contributed by atoms with E-state index in [9.17, 15) is 4.79 Å². The number of carbonyl (C=O) groups is 1. The minimum atomic E-state index is -0.471. The third-order valence-corrected chi connectivity index (χ3v) is 3.22. The third-order valence-electron chi connectivity index (χ3n) is 2.79. The molecule has 0 aromatic heterocycles. The molecule has 2 aromatic carbocycles. The number of nitrogens with one attached hydrogen (secondary N) is 2. The van der Waals surface area contributed by atoms with Crippen LogP contribution in [-0.4, -0.2) is 20.3 Å². The number of hydrogen-bond donors (Lipinski definition) is 2. The number of ether oxygens (including phenoxy) is 2. The summed E-state index contributed by atoms with van der Waals surface area (Å²) < 4.78 is 10.4. The molecule has 5 nitrogen and oxygen atoms in total. The number of rotatable bonds is 4. The van der Waals surface area contributed by atoms with Crippen LogP contribution in [-0.2, 0) is 0 Å². The maximum Gasteiger partial charge on any atom is 0.323 e. The molecule has 0 aliphatic carbocycles. The molecule has 2 aromatic rings. The number of carbonyl (C=O) groups excluding carboxylic acids is 1. The summed E-state index contributed by atoms with van der Waals surface area (Å²) in [5, 5.41) is 6.18. The minimum Gasteiger partial charge on any atom is -0.494 e. The van der Waals surface area contributed by atoms with Crippen molar-refractivity contribution >= 4 is 40.6 Å². The van der Waals surface area contributed by atoms with Crippen LogP contribution in [0.3, 0.4) is 0 Å². The SMILES string of the molecule is COc1cccc(OC)c1NC(=O)Nc1cc(Cl)cc(Cl)c1. The van der Waals surface area contributed by atoms with E-state index in [0.29, 0.717) is 32.9 Å². The average molecular weight is 341 g/mol. The number of urea groups is 1. The summed E-state index contributed by atoms with van der Waals surface area (Å²) in [6.45, 7) is 0. The van der Waals surface area contributed by atoms with E-state index in [1.54, 1.807) is 36.4 Å². The molecule has 0 saturated heterocycles. The molecule has 0 aliphatic heterocycles. The molecule has 0 unspecified atom stereocenters. The third kappa shape index (κ3) is 3.96. The Bertz CT molecular complexity index is 650. The zero-order valence-electron chi connectivity index (χ0n) is 11.9. The van der Waals surface area contributed by atoms with Gasteiger partial charge in [0.15, 0.2) is 0 Å². The van der Waals surface area contributed by atoms with E-state index in [1.165, 1.54) is 14.2 Å². The Labute approximate surface area is 138 Å². The normalized spacial score (nSPS) is 10.0. The Morgan fingerprint density at radius 1 is 0.955 bits per heavy atom. The van der Waals surface area contributed by atoms with Gasteiger partial charge in [-0.3, -0.25) is 0 Å². The van der Waals surface area contributed by atoms with Crippen LogP contribution in [0.15, 0.2) is 36.4 Å². The lowest BCUT2D eigenvalue weighted by Gasteiger charge is -2.14. The predicted octanol–water partition coefficient (Wildman–Crippen LogP) is 4.65. The molecule has 116 valence electrons. The molecule has 0 bridgehead atoms. The fourth-order valence-corrected chi connectivity index (χ4v) is 2.40. The highest BCUT2D eigenvalue weighted by atomic mass is 35.5. The number of anilines is 2. The number of benzene rings is 2. The van der Waals surface area contributed by atoms with Crippen molar-refractivity contribution in [1.82, 2.24) is 0 Å². The fourth-order valence-electron chi connectivity index (χ4n) is 1.88. The van der Waals surface area contributed by atoms with Gasteiger partial charge in [-0.05, 0) is 30.3 Å². The number of halogens is 2. The molecule has 2 N–H and O–H groups in total. The molecule has 0 heterocycles. The van der Waals surface area contributed by atoms with Crippen molar-refractivity contribution in [2.45, 2.75) is 0 Å². The molecule has 0 radical (unpaired) electrons. The van der Waals surface area contributed by atoms with Gasteiger partial charge in [-0.15, -0.1) is 0 Å². The van der Waals surface area contributed by atoms with Crippen LogP contribution in [0.1, 0.15) is 0 Å². The highest BCUT2D eigenvalue weighted by Crippen LogP contribution is 2.34. The number of amides is 2. The zero-order chi connectivity index (χ0) is 16.1. The lowest BCUT2D eigenvalue weighted by molar-refractivity contribution is 0.262. The van der Waals surface area contributed by atoms with Crippen LogP contribution < -0.4 is 20.1 Å². The summed E-state index contributed by atoms with van der Waals surface area (Å²) in [5.74, 6) is 0.970. The lowest BCUT2D eigenvalue weighted by Crippen LogP contribution is -2.20. The zero-order valence-corrected chi connectivity index (χ0v) is 13.5. The number of para-hydroxylation sites is 1. The van der Waals surface area contributed by atoms with Crippen LogP contribution in [0, 0.1) is 0 Å². The van der Waals surface area contributed by atoms with Gasteiger partial charge < -0.3 is 20.1 Å². The van der Waals surface area contributed by atoms with Crippen molar-refractivity contribution in [1.29, 1.82) is 0 Å². The highest BCUT2D eigenvalue weighted by molar-refractivity contribution is 6.35. The molecular weight excluding hydrogens is 327 g/mol. The van der Waals surface area contributed by atoms with Crippen molar-refractivity contribution in [3.05, 3.63) is 46.4 Å². The lowest BCUT2D eigenvalue weighted by atomic mass is 10.2. The minimum absolute atomic E-state index is 0.428. The van der Waals surface area contributed by atoms with Gasteiger partial charge in [0.1, 0.15) is 17.2 Å². The first-order chi connectivity index (χ1) is 10.5. The molecular formula is C15H14Cl2N2O3. The molecule has 2 rings (SSSR count). The number of methoxy groups -OCH3 is 2. The highest BCUT2D eigenvalue weighted by Gasteiger charge is 2.13. The Hall–Kier alpha value is -2.11. The quantitative estimate of drug-likeness (QED) is 0.851. The monoisotopic (exact) mass is 340 g/mol. The second-order valence-corrected chi connectivity index (χ2v) is 5.15. The maximum absolute atomic E-state index is 12.1. The molecule has 2 amide bonds. The van der Waals surface area contributed by atoms with Gasteiger partial charge in [-0.2, -0.15) is 0 Å². The molecule has 22 heavy (non-hydrogen) atoms. The first-order valence-corrected chi connectivity index (χ1v) is 7.04. The molecule has 0 saturated carbocycles. The summed E-state index contributed by atoms with van der Waals surface area (Å²) in [5.41, 5.74) is 0.905. The van der Waals surface area contributed by atoms with Crippen LogP contribution >= 0.6 is 23.2 Å². The summed E-state index contributed by atoms with van der Waals surface area (Å²) in [6.07, 6.45) is 0. The average Bonchev–Trinajstić information content (AvgIpc) is 2.46. The summed E-state index contributed by atoms with van der Waals surface area (Å²) >= 11 is 11.8. The molecule has 7 heteroatoms. The molecule has 0 spiro atoms. The van der Waals surface area contributed by atoms with Gasteiger partial charge in [0.2, 0.25) is 0 Å². The van der Waals surface area contributed by atoms with Gasteiger partial charge in [-0.1, -0.05) is 29.3 Å². The van der Waals surface area contributed by atoms with E-state index in [0.717, 1.165) is 0 Å². The van der Waals surface area contributed by atoms with Crippen LogP contribution in [0.25, 0.3) is 0 Å². The van der Waals surface area contributed by atoms with Crippen molar-refractivity contribution in [3.63, 3.8) is 0 Å². The van der Waals surface area contributed by atoms with Crippen molar-refractivity contribution in [2.75, 3.05) is 24.9 Å². The Morgan fingerprint density at radius 2 is 1.50 bits per heavy atom. The van der Waals surface area contributed by atoms with E-state index in [-0.39, 0.29) is 0 Å². The summed E-state index contributed by atoms with van der Waals surface area (Å²) in [4.78, 5) is 12.1. The maximum atomic E-state index is 12.1. The van der Waals surface area contributed by atoms with Gasteiger partial charge in [0, 0.05) is 15.7 Å². The Kier molecular flexibility index (Phi) is 5.35. The van der Waals surface area contributed by atoms with Gasteiger partial charge >= 0.3 is 6.03 Å². The largest absolute Gasteiger partial charge is 0.494 e. The molecule has 0 aliphatic rings. The fraction of sp³-hybridized carbons (Fsp3) is 0.133. The number of hydrogen-bond acceptors (Lipinski definition) is 3. The Balaban J connectivity index is 2.18. The van der Waals surface area contributed by atoms with E-state index >= 15 is 0 Å². The van der Waals surface area contributed by atoms with Crippen molar-refractivity contribution < 1.29 is 14.3 Å². The van der Waals surface area contributed by atoms with Crippen LogP contribution in [0.4, 0.5) is 16.2 Å².